The van der Waals surface area contributed by atoms with Crippen LogP contribution < -0.4 is 0 Å². The summed E-state index contributed by atoms with van der Waals surface area (Å²) in [7, 11) is 1.82. The van der Waals surface area contributed by atoms with E-state index in [-0.39, 0.29) is 5.91 Å². The van der Waals surface area contributed by atoms with Gasteiger partial charge in [0.15, 0.2) is 5.65 Å². The van der Waals surface area contributed by atoms with Crippen molar-refractivity contribution in [1.29, 1.82) is 0 Å². The predicted molar refractivity (Wildman–Crippen MR) is 114 cm³/mol. The number of nitrogens with zero attached hydrogens (tertiary/aromatic N) is 5. The third kappa shape index (κ3) is 3.87. The maximum absolute atomic E-state index is 13.3. The molecule has 146 valence electrons. The van der Waals surface area contributed by atoms with Crippen molar-refractivity contribution in [2.45, 2.75) is 19.9 Å². The Balaban J connectivity index is 1.69. The number of amides is 1. The molecule has 29 heavy (non-hydrogen) atoms. The number of rotatable bonds is 6. The van der Waals surface area contributed by atoms with E-state index in [2.05, 4.69) is 10.1 Å². The fraction of sp³-hybridized carbons (Fsp3) is 0.217. The van der Waals surface area contributed by atoms with Gasteiger partial charge in [-0.1, -0.05) is 36.4 Å². The van der Waals surface area contributed by atoms with Crippen LogP contribution in [0, 0.1) is 0 Å². The number of carbonyl (C=O) groups excluding carboxylic acids is 1. The molecule has 0 spiro atoms. The molecule has 3 heterocycles. The number of carbonyl (C=O) groups is 1. The molecule has 1 amide bonds. The summed E-state index contributed by atoms with van der Waals surface area (Å²) >= 11 is 0. The molecule has 0 fully saturated rings. The topological polar surface area (TPSA) is 63.9 Å². The highest BCUT2D eigenvalue weighted by molar-refractivity contribution is 6.06. The van der Waals surface area contributed by atoms with Crippen molar-refractivity contribution in [3.8, 4) is 11.3 Å². The zero-order valence-corrected chi connectivity index (χ0v) is 16.6. The second-order valence-corrected chi connectivity index (χ2v) is 6.92. The monoisotopic (exact) mass is 385 g/mol. The first-order valence-corrected chi connectivity index (χ1v) is 9.74. The highest BCUT2D eigenvalue weighted by Crippen LogP contribution is 2.25. The molecule has 0 radical (unpaired) electrons. The van der Waals surface area contributed by atoms with Gasteiger partial charge in [0.1, 0.15) is 0 Å². The van der Waals surface area contributed by atoms with Crippen LogP contribution >= 0.6 is 0 Å². The molecule has 1 aromatic carbocycles. The van der Waals surface area contributed by atoms with Gasteiger partial charge in [-0.2, -0.15) is 5.10 Å². The van der Waals surface area contributed by atoms with Gasteiger partial charge in [0.05, 0.1) is 22.8 Å². The first-order chi connectivity index (χ1) is 14.2. The second-order valence-electron chi connectivity index (χ2n) is 6.92. The number of aromatic nitrogens is 4. The summed E-state index contributed by atoms with van der Waals surface area (Å²) in [4.78, 5) is 24.2. The number of hydrogen-bond acceptors (Lipinski definition) is 4. The highest BCUT2D eigenvalue weighted by Gasteiger charge is 2.20. The smallest absolute Gasteiger partial charge is 0.254 e. The molecule has 0 saturated carbocycles. The number of pyridine rings is 2. The summed E-state index contributed by atoms with van der Waals surface area (Å²) in [6.45, 7) is 3.30. The standard InChI is InChI=1S/C23H23N5O/c1-3-28-22-20(16-25-28)19(15-21(26-22)17-9-5-4-6-10-17)23(29)27(2)14-12-18-11-7-8-13-24-18/h4-11,13,15-16H,3,12,14H2,1-2H3. The lowest BCUT2D eigenvalue weighted by atomic mass is 10.1. The van der Waals surface area contributed by atoms with Gasteiger partial charge in [-0.05, 0) is 25.1 Å². The minimum Gasteiger partial charge on any atom is -0.341 e. The number of fused-ring (bicyclic) bond motifs is 1. The number of aryl methyl sites for hydroxylation is 1. The highest BCUT2D eigenvalue weighted by atomic mass is 16.2. The Bertz CT molecular complexity index is 1120. The van der Waals surface area contributed by atoms with Crippen LogP contribution in [0.1, 0.15) is 23.0 Å². The van der Waals surface area contributed by atoms with Crippen LogP contribution in [0.15, 0.2) is 67.0 Å². The predicted octanol–water partition coefficient (Wildman–Crippen LogP) is 3.83. The van der Waals surface area contributed by atoms with Gasteiger partial charge in [0.25, 0.3) is 5.91 Å². The summed E-state index contributed by atoms with van der Waals surface area (Å²) in [5.74, 6) is -0.0406. The van der Waals surface area contributed by atoms with Crippen LogP contribution in [-0.2, 0) is 13.0 Å². The Labute approximate surface area is 169 Å². The largest absolute Gasteiger partial charge is 0.341 e. The molecule has 4 aromatic rings. The molecule has 4 rings (SSSR count). The van der Waals surface area contributed by atoms with E-state index in [1.54, 1.807) is 17.3 Å². The molecule has 0 unspecified atom stereocenters. The number of benzene rings is 1. The van der Waals surface area contributed by atoms with E-state index in [0.29, 0.717) is 25.1 Å². The minimum absolute atomic E-state index is 0.0406. The van der Waals surface area contributed by atoms with Gasteiger partial charge in [-0.15, -0.1) is 0 Å². The number of likely N-dealkylation sites (N-methyl/N-ethyl adjacent to an activating group) is 1. The molecule has 0 atom stereocenters. The Morgan fingerprint density at radius 2 is 1.90 bits per heavy atom. The summed E-state index contributed by atoms with van der Waals surface area (Å²) < 4.78 is 1.83. The summed E-state index contributed by atoms with van der Waals surface area (Å²) in [6.07, 6.45) is 4.21. The maximum atomic E-state index is 13.3. The van der Waals surface area contributed by atoms with E-state index < -0.39 is 0 Å². The van der Waals surface area contributed by atoms with E-state index in [1.807, 2.05) is 73.3 Å². The van der Waals surface area contributed by atoms with Crippen LogP contribution in [0.4, 0.5) is 0 Å². The average molecular weight is 385 g/mol. The van der Waals surface area contributed by atoms with Crippen molar-refractivity contribution >= 4 is 16.9 Å². The molecule has 0 aliphatic carbocycles. The molecule has 0 saturated heterocycles. The Morgan fingerprint density at radius 1 is 1.10 bits per heavy atom. The second kappa shape index (κ2) is 8.22. The van der Waals surface area contributed by atoms with E-state index in [0.717, 1.165) is 28.0 Å². The molecular formula is C23H23N5O. The zero-order valence-electron chi connectivity index (χ0n) is 16.6. The SMILES string of the molecule is CCn1ncc2c(C(=O)N(C)CCc3ccccn3)cc(-c3ccccc3)nc21. The Morgan fingerprint density at radius 3 is 2.62 bits per heavy atom. The van der Waals surface area contributed by atoms with Gasteiger partial charge in [0.2, 0.25) is 0 Å². The molecule has 0 N–H and O–H groups in total. The first-order valence-electron chi connectivity index (χ1n) is 9.74. The molecule has 3 aromatic heterocycles. The molecule has 6 heteroatoms. The van der Waals surface area contributed by atoms with Crippen LogP contribution in [0.2, 0.25) is 0 Å². The quantitative estimate of drug-likeness (QED) is 0.506. The maximum Gasteiger partial charge on any atom is 0.254 e. The lowest BCUT2D eigenvalue weighted by molar-refractivity contribution is 0.0798. The van der Waals surface area contributed by atoms with Gasteiger partial charge >= 0.3 is 0 Å². The fourth-order valence-electron chi connectivity index (χ4n) is 3.35. The average Bonchev–Trinajstić information content (AvgIpc) is 3.20. The first kappa shape index (κ1) is 18.8. The van der Waals surface area contributed by atoms with Crippen molar-refractivity contribution in [2.75, 3.05) is 13.6 Å². The molecule has 6 nitrogen and oxygen atoms in total. The summed E-state index contributed by atoms with van der Waals surface area (Å²) in [5.41, 5.74) is 4.07. The summed E-state index contributed by atoms with van der Waals surface area (Å²) in [5, 5.41) is 5.20. The van der Waals surface area contributed by atoms with Crippen molar-refractivity contribution in [1.82, 2.24) is 24.6 Å². The van der Waals surface area contributed by atoms with Crippen molar-refractivity contribution < 1.29 is 4.79 Å². The van der Waals surface area contributed by atoms with Crippen molar-refractivity contribution in [3.05, 3.63) is 78.2 Å². The Kier molecular flexibility index (Phi) is 5.33. The third-order valence-electron chi connectivity index (χ3n) is 4.98. The van der Waals surface area contributed by atoms with Crippen LogP contribution in [0.3, 0.4) is 0 Å². The zero-order chi connectivity index (χ0) is 20.2. The minimum atomic E-state index is -0.0406. The fourth-order valence-corrected chi connectivity index (χ4v) is 3.35. The lowest BCUT2D eigenvalue weighted by Crippen LogP contribution is -2.29. The van der Waals surface area contributed by atoms with E-state index in [9.17, 15) is 4.79 Å². The lowest BCUT2D eigenvalue weighted by Gasteiger charge is -2.18. The van der Waals surface area contributed by atoms with Crippen molar-refractivity contribution in [3.63, 3.8) is 0 Å². The molecule has 0 aliphatic rings. The van der Waals surface area contributed by atoms with E-state index >= 15 is 0 Å². The molecule has 0 aliphatic heterocycles. The molecular weight excluding hydrogens is 362 g/mol. The van der Waals surface area contributed by atoms with Crippen molar-refractivity contribution in [2.24, 2.45) is 0 Å². The molecule has 0 bridgehead atoms. The van der Waals surface area contributed by atoms with Crippen LogP contribution in [0.5, 0.6) is 0 Å². The summed E-state index contributed by atoms with van der Waals surface area (Å²) in [6, 6.07) is 17.6. The van der Waals surface area contributed by atoms with E-state index in [4.69, 9.17) is 4.98 Å². The van der Waals surface area contributed by atoms with Gasteiger partial charge in [-0.3, -0.25) is 9.78 Å². The van der Waals surface area contributed by atoms with Gasteiger partial charge < -0.3 is 4.90 Å². The van der Waals surface area contributed by atoms with Crippen LogP contribution in [-0.4, -0.2) is 44.1 Å². The van der Waals surface area contributed by atoms with Gasteiger partial charge in [0, 0.05) is 44.0 Å². The normalized spacial score (nSPS) is 11.0. The van der Waals surface area contributed by atoms with E-state index in [1.165, 1.54) is 0 Å². The van der Waals surface area contributed by atoms with Gasteiger partial charge in [-0.25, -0.2) is 9.67 Å². The number of hydrogen-bond donors (Lipinski definition) is 0. The Hall–Kier alpha value is -3.54. The van der Waals surface area contributed by atoms with Crippen LogP contribution in [0.25, 0.3) is 22.3 Å². The third-order valence-corrected chi connectivity index (χ3v) is 4.98.